The van der Waals surface area contributed by atoms with Gasteiger partial charge in [-0.05, 0) is 18.2 Å². The number of hydrogen-bond acceptors (Lipinski definition) is 4. The van der Waals surface area contributed by atoms with Crippen molar-refractivity contribution in [2.24, 2.45) is 5.73 Å². The van der Waals surface area contributed by atoms with Crippen molar-refractivity contribution in [3.8, 4) is 5.88 Å². The molecule has 0 atom stereocenters. The molecule has 0 fully saturated rings. The fraction of sp³-hybridized carbons (Fsp3) is 0.200. The molecule has 0 amide bonds. The van der Waals surface area contributed by atoms with Gasteiger partial charge in [0.2, 0.25) is 5.88 Å². The molecular formula is C15H17N3OS. The number of pyridine rings is 1. The SMILES string of the molecule is COc1cccc(CN(C)c2cccc(C(N)=S)c2)n1. The normalized spacial score (nSPS) is 10.1. The lowest BCUT2D eigenvalue weighted by Crippen LogP contribution is -2.18. The molecule has 0 saturated heterocycles. The van der Waals surface area contributed by atoms with Gasteiger partial charge in [0.15, 0.2) is 0 Å². The van der Waals surface area contributed by atoms with Gasteiger partial charge in [0.1, 0.15) is 4.99 Å². The number of aromatic nitrogens is 1. The van der Waals surface area contributed by atoms with Crippen molar-refractivity contribution >= 4 is 22.9 Å². The predicted octanol–water partition coefficient (Wildman–Crippen LogP) is 2.36. The van der Waals surface area contributed by atoms with Crippen LogP contribution < -0.4 is 15.4 Å². The van der Waals surface area contributed by atoms with Crippen LogP contribution in [0.15, 0.2) is 42.5 Å². The molecule has 0 saturated carbocycles. The van der Waals surface area contributed by atoms with Crippen molar-refractivity contribution in [2.45, 2.75) is 6.54 Å². The first kappa shape index (κ1) is 14.3. The number of anilines is 1. The zero-order valence-electron chi connectivity index (χ0n) is 11.5. The Morgan fingerprint density at radius 2 is 2.05 bits per heavy atom. The van der Waals surface area contributed by atoms with E-state index in [-0.39, 0.29) is 0 Å². The highest BCUT2D eigenvalue weighted by molar-refractivity contribution is 7.80. The number of hydrogen-bond donors (Lipinski definition) is 1. The van der Waals surface area contributed by atoms with Crippen molar-refractivity contribution in [1.82, 2.24) is 4.98 Å². The molecule has 1 aromatic carbocycles. The average molecular weight is 287 g/mol. The fourth-order valence-electron chi connectivity index (χ4n) is 1.89. The molecule has 20 heavy (non-hydrogen) atoms. The zero-order chi connectivity index (χ0) is 14.5. The summed E-state index contributed by atoms with van der Waals surface area (Å²) in [5.74, 6) is 0.618. The molecule has 0 bridgehead atoms. The number of ether oxygens (including phenoxy) is 1. The summed E-state index contributed by atoms with van der Waals surface area (Å²) in [6.07, 6.45) is 0. The van der Waals surface area contributed by atoms with Crippen LogP contribution >= 0.6 is 12.2 Å². The van der Waals surface area contributed by atoms with Gasteiger partial charge in [-0.1, -0.05) is 30.4 Å². The maximum absolute atomic E-state index is 5.66. The third kappa shape index (κ3) is 3.45. The standard InChI is InChI=1S/C15H17N3OS/c1-18(10-12-6-4-8-14(17-12)19-2)13-7-3-5-11(9-13)15(16)20/h3-9H,10H2,1-2H3,(H2,16,20). The van der Waals surface area contributed by atoms with Crippen LogP contribution in [0.1, 0.15) is 11.3 Å². The van der Waals surface area contributed by atoms with Gasteiger partial charge >= 0.3 is 0 Å². The molecule has 2 N–H and O–H groups in total. The van der Waals surface area contributed by atoms with Crippen LogP contribution in [0.3, 0.4) is 0 Å². The van der Waals surface area contributed by atoms with Crippen molar-refractivity contribution in [3.05, 3.63) is 53.7 Å². The third-order valence-electron chi connectivity index (χ3n) is 2.96. The molecule has 104 valence electrons. The minimum atomic E-state index is 0.403. The lowest BCUT2D eigenvalue weighted by Gasteiger charge is -2.19. The molecule has 2 rings (SSSR count). The average Bonchev–Trinajstić information content (AvgIpc) is 2.47. The summed E-state index contributed by atoms with van der Waals surface area (Å²) in [5, 5.41) is 0. The molecular weight excluding hydrogens is 270 g/mol. The van der Waals surface area contributed by atoms with Gasteiger partial charge in [-0.2, -0.15) is 0 Å². The largest absolute Gasteiger partial charge is 0.481 e. The molecule has 2 aromatic rings. The molecule has 0 aliphatic heterocycles. The first-order valence-corrected chi connectivity index (χ1v) is 6.62. The summed E-state index contributed by atoms with van der Waals surface area (Å²) in [7, 11) is 3.61. The molecule has 0 radical (unpaired) electrons. The van der Waals surface area contributed by atoms with Gasteiger partial charge in [0, 0.05) is 24.4 Å². The summed E-state index contributed by atoms with van der Waals surface area (Å²) in [6, 6.07) is 13.6. The van der Waals surface area contributed by atoms with Crippen LogP contribution in [0, 0.1) is 0 Å². The van der Waals surface area contributed by atoms with E-state index in [4.69, 9.17) is 22.7 Å². The Labute approximate surface area is 124 Å². The number of nitrogens with two attached hydrogens (primary N) is 1. The highest BCUT2D eigenvalue weighted by Crippen LogP contribution is 2.17. The Hall–Kier alpha value is -2.14. The predicted molar refractivity (Wildman–Crippen MR) is 85.2 cm³/mol. The number of methoxy groups -OCH3 is 1. The highest BCUT2D eigenvalue weighted by Gasteiger charge is 2.06. The minimum Gasteiger partial charge on any atom is -0.481 e. The molecule has 0 aliphatic rings. The Morgan fingerprint density at radius 1 is 1.30 bits per heavy atom. The van der Waals surface area contributed by atoms with Crippen molar-refractivity contribution < 1.29 is 4.74 Å². The molecule has 0 unspecified atom stereocenters. The summed E-state index contributed by atoms with van der Waals surface area (Å²) in [4.78, 5) is 6.89. The number of nitrogens with zero attached hydrogens (tertiary/aromatic N) is 2. The molecule has 4 nitrogen and oxygen atoms in total. The highest BCUT2D eigenvalue weighted by atomic mass is 32.1. The Kier molecular flexibility index (Phi) is 4.53. The minimum absolute atomic E-state index is 0.403. The fourth-order valence-corrected chi connectivity index (χ4v) is 2.02. The molecule has 1 aromatic heterocycles. The van der Waals surface area contributed by atoms with Gasteiger partial charge in [-0.15, -0.1) is 0 Å². The van der Waals surface area contributed by atoms with Gasteiger partial charge in [-0.3, -0.25) is 0 Å². The topological polar surface area (TPSA) is 51.4 Å². The molecule has 0 spiro atoms. The van der Waals surface area contributed by atoms with Crippen LogP contribution in [0.5, 0.6) is 5.88 Å². The van der Waals surface area contributed by atoms with Crippen LogP contribution in [0.2, 0.25) is 0 Å². The number of rotatable bonds is 5. The molecule has 5 heteroatoms. The smallest absolute Gasteiger partial charge is 0.213 e. The third-order valence-corrected chi connectivity index (χ3v) is 3.20. The van der Waals surface area contributed by atoms with Crippen molar-refractivity contribution in [1.29, 1.82) is 0 Å². The maximum Gasteiger partial charge on any atom is 0.213 e. The van der Waals surface area contributed by atoms with E-state index < -0.39 is 0 Å². The lowest BCUT2D eigenvalue weighted by molar-refractivity contribution is 0.396. The second-order valence-corrected chi connectivity index (χ2v) is 4.88. The van der Waals surface area contributed by atoms with E-state index in [9.17, 15) is 0 Å². The second kappa shape index (κ2) is 6.34. The van der Waals surface area contributed by atoms with Gasteiger partial charge in [0.05, 0.1) is 19.3 Å². The quantitative estimate of drug-likeness (QED) is 0.856. The first-order chi connectivity index (χ1) is 9.60. The maximum atomic E-state index is 5.66. The van der Waals surface area contributed by atoms with E-state index in [0.29, 0.717) is 17.4 Å². The monoisotopic (exact) mass is 287 g/mol. The Morgan fingerprint density at radius 3 is 2.75 bits per heavy atom. The van der Waals surface area contributed by atoms with E-state index in [1.54, 1.807) is 7.11 Å². The van der Waals surface area contributed by atoms with E-state index in [0.717, 1.165) is 16.9 Å². The van der Waals surface area contributed by atoms with E-state index in [1.165, 1.54) is 0 Å². The summed E-state index contributed by atoms with van der Waals surface area (Å²) < 4.78 is 5.13. The second-order valence-electron chi connectivity index (χ2n) is 4.44. The van der Waals surface area contributed by atoms with Gasteiger partial charge < -0.3 is 15.4 Å². The van der Waals surface area contributed by atoms with Crippen molar-refractivity contribution in [2.75, 3.05) is 19.1 Å². The van der Waals surface area contributed by atoms with E-state index in [2.05, 4.69) is 9.88 Å². The molecule has 0 aliphatic carbocycles. The van der Waals surface area contributed by atoms with Crippen LogP contribution in [0.4, 0.5) is 5.69 Å². The molecule has 1 heterocycles. The van der Waals surface area contributed by atoms with Crippen LogP contribution in [-0.2, 0) is 6.54 Å². The number of thiocarbonyl (C=S) groups is 1. The number of benzene rings is 1. The van der Waals surface area contributed by atoms with Crippen molar-refractivity contribution in [3.63, 3.8) is 0 Å². The van der Waals surface area contributed by atoms with Gasteiger partial charge in [0.25, 0.3) is 0 Å². The summed E-state index contributed by atoms with van der Waals surface area (Å²) in [6.45, 7) is 0.679. The van der Waals surface area contributed by atoms with Crippen LogP contribution in [-0.4, -0.2) is 24.1 Å². The summed E-state index contributed by atoms with van der Waals surface area (Å²) in [5.41, 5.74) is 8.50. The Bertz CT molecular complexity index is 616. The first-order valence-electron chi connectivity index (χ1n) is 6.21. The lowest BCUT2D eigenvalue weighted by atomic mass is 10.2. The van der Waals surface area contributed by atoms with Crippen LogP contribution in [0.25, 0.3) is 0 Å². The van der Waals surface area contributed by atoms with Gasteiger partial charge in [-0.25, -0.2) is 4.98 Å². The summed E-state index contributed by atoms with van der Waals surface area (Å²) >= 11 is 5.00. The Balaban J connectivity index is 2.16. The zero-order valence-corrected chi connectivity index (χ0v) is 12.4. The van der Waals surface area contributed by atoms with E-state index in [1.807, 2.05) is 49.5 Å². The van der Waals surface area contributed by atoms with E-state index >= 15 is 0 Å².